The Hall–Kier alpha value is -3.01. The Balaban J connectivity index is 1.89. The lowest BCUT2D eigenvalue weighted by Gasteiger charge is -2.36. The van der Waals surface area contributed by atoms with Crippen molar-refractivity contribution in [1.82, 2.24) is 4.98 Å². The highest BCUT2D eigenvalue weighted by atomic mass is 19.4. The first-order valence-corrected chi connectivity index (χ1v) is 9.79. The Kier molecular flexibility index (Phi) is 5.44. The molecule has 1 unspecified atom stereocenters. The zero-order valence-corrected chi connectivity index (χ0v) is 16.4. The van der Waals surface area contributed by atoms with Gasteiger partial charge in [-0.2, -0.15) is 26.3 Å². The van der Waals surface area contributed by atoms with Gasteiger partial charge in [0, 0.05) is 22.7 Å². The van der Waals surface area contributed by atoms with Crippen LogP contribution in [0.3, 0.4) is 0 Å². The van der Waals surface area contributed by atoms with E-state index in [9.17, 15) is 36.2 Å². The second kappa shape index (κ2) is 7.84. The summed E-state index contributed by atoms with van der Waals surface area (Å²) in [4.78, 5) is 15.3. The smallest absolute Gasteiger partial charge is 0.382 e. The number of aliphatic hydroxyl groups excluding tert-OH is 1. The topological polar surface area (TPSA) is 56.3 Å². The Bertz CT molecular complexity index is 1170. The Morgan fingerprint density at radius 1 is 0.969 bits per heavy atom. The highest BCUT2D eigenvalue weighted by Gasteiger charge is 2.50. The predicted molar refractivity (Wildman–Crippen MR) is 106 cm³/mol. The van der Waals surface area contributed by atoms with Gasteiger partial charge in [0.05, 0.1) is 17.6 Å². The minimum absolute atomic E-state index is 0.00394. The summed E-state index contributed by atoms with van der Waals surface area (Å²) in [6.45, 7) is 0. The minimum atomic E-state index is -4.90. The van der Waals surface area contributed by atoms with Crippen molar-refractivity contribution in [2.24, 2.45) is 0 Å². The number of anilines is 1. The molecule has 0 amide bonds. The molecule has 3 aromatic rings. The van der Waals surface area contributed by atoms with Crippen molar-refractivity contribution in [2.45, 2.75) is 43.4 Å². The minimum Gasteiger partial charge on any atom is -0.382 e. The van der Waals surface area contributed by atoms with Crippen molar-refractivity contribution < 1.29 is 31.4 Å². The highest BCUT2D eigenvalue weighted by Crippen LogP contribution is 2.45. The first-order chi connectivity index (χ1) is 15.0. The summed E-state index contributed by atoms with van der Waals surface area (Å²) in [5, 5.41) is 9.68. The molecule has 1 fully saturated rings. The Morgan fingerprint density at radius 3 is 2.28 bits per heavy atom. The molecule has 1 aliphatic heterocycles. The van der Waals surface area contributed by atoms with E-state index in [-0.39, 0.29) is 29.4 Å². The number of nitrogens with zero attached hydrogens (tertiary/aromatic N) is 1. The number of H-pyrrole nitrogens is 1. The lowest BCUT2D eigenvalue weighted by atomic mass is 10.0. The second-order valence-corrected chi connectivity index (χ2v) is 7.74. The third kappa shape index (κ3) is 4.06. The molecule has 0 aliphatic carbocycles. The molecule has 2 aromatic carbocycles. The molecule has 170 valence electrons. The number of aliphatic hydroxyl groups is 1. The van der Waals surface area contributed by atoms with E-state index < -0.39 is 41.7 Å². The molecule has 32 heavy (non-hydrogen) atoms. The summed E-state index contributed by atoms with van der Waals surface area (Å²) in [7, 11) is 0. The van der Waals surface area contributed by atoms with Crippen molar-refractivity contribution in [2.75, 3.05) is 4.90 Å². The van der Waals surface area contributed by atoms with Gasteiger partial charge in [0.1, 0.15) is 0 Å². The molecular weight excluding hydrogens is 438 g/mol. The molecule has 1 aromatic heterocycles. The molecule has 4 rings (SSSR count). The average molecular weight is 456 g/mol. The van der Waals surface area contributed by atoms with Crippen molar-refractivity contribution in [3.8, 4) is 0 Å². The number of hydrogen-bond donors (Lipinski definition) is 2. The van der Waals surface area contributed by atoms with Gasteiger partial charge in [-0.25, -0.2) is 0 Å². The van der Waals surface area contributed by atoms with Gasteiger partial charge < -0.3 is 15.0 Å². The number of pyridine rings is 1. The monoisotopic (exact) mass is 456 g/mol. The van der Waals surface area contributed by atoms with Crippen LogP contribution in [0.15, 0.2) is 59.4 Å². The van der Waals surface area contributed by atoms with Crippen LogP contribution in [0.2, 0.25) is 0 Å². The van der Waals surface area contributed by atoms with E-state index in [1.165, 1.54) is 17.0 Å². The van der Waals surface area contributed by atoms with E-state index in [0.717, 1.165) is 6.07 Å². The number of nitrogens with one attached hydrogen (secondary N) is 1. The van der Waals surface area contributed by atoms with Crippen LogP contribution < -0.4 is 10.5 Å². The lowest BCUT2D eigenvalue weighted by Crippen LogP contribution is -2.47. The normalized spacial score (nSPS) is 20.7. The van der Waals surface area contributed by atoms with E-state index in [1.54, 1.807) is 30.3 Å². The van der Waals surface area contributed by atoms with Crippen molar-refractivity contribution in [3.05, 3.63) is 76.1 Å². The quantitative estimate of drug-likeness (QED) is 0.534. The van der Waals surface area contributed by atoms with E-state index >= 15 is 0 Å². The van der Waals surface area contributed by atoms with Gasteiger partial charge in [0.15, 0.2) is 6.10 Å². The third-order valence-corrected chi connectivity index (χ3v) is 5.74. The van der Waals surface area contributed by atoms with E-state index in [0.29, 0.717) is 11.6 Å². The number of aromatic amines is 1. The van der Waals surface area contributed by atoms with Crippen LogP contribution in [0.5, 0.6) is 0 Å². The molecule has 0 bridgehead atoms. The van der Waals surface area contributed by atoms with Crippen LogP contribution in [0, 0.1) is 0 Å². The fraction of sp³-hybridized carbons (Fsp3) is 0.318. The Morgan fingerprint density at radius 2 is 1.66 bits per heavy atom. The predicted octanol–water partition coefficient (Wildman–Crippen LogP) is 5.18. The molecule has 1 saturated heterocycles. The van der Waals surface area contributed by atoms with Crippen LogP contribution >= 0.6 is 0 Å². The molecule has 2 N–H and O–H groups in total. The molecule has 4 nitrogen and oxygen atoms in total. The summed E-state index contributed by atoms with van der Waals surface area (Å²) in [6, 6.07) is 10.8. The van der Waals surface area contributed by atoms with Crippen LogP contribution in [-0.2, 0) is 6.18 Å². The van der Waals surface area contributed by atoms with Crippen LogP contribution in [0.25, 0.3) is 10.9 Å². The molecule has 0 spiro atoms. The zero-order valence-electron chi connectivity index (χ0n) is 16.4. The van der Waals surface area contributed by atoms with Gasteiger partial charge in [0.25, 0.3) is 0 Å². The van der Waals surface area contributed by atoms with Gasteiger partial charge in [-0.15, -0.1) is 0 Å². The second-order valence-electron chi connectivity index (χ2n) is 7.74. The van der Waals surface area contributed by atoms with Crippen LogP contribution in [0.1, 0.15) is 30.0 Å². The maximum atomic E-state index is 13.6. The molecule has 0 saturated carbocycles. The summed E-state index contributed by atoms with van der Waals surface area (Å²) in [5.74, 6) is 0. The number of alkyl halides is 6. The van der Waals surface area contributed by atoms with E-state index in [1.807, 2.05) is 0 Å². The summed E-state index contributed by atoms with van der Waals surface area (Å²) in [6.07, 6.45) is -12.1. The number of hydrogen-bond acceptors (Lipinski definition) is 3. The lowest BCUT2D eigenvalue weighted by molar-refractivity contribution is -0.209. The van der Waals surface area contributed by atoms with Crippen molar-refractivity contribution >= 4 is 16.6 Å². The van der Waals surface area contributed by atoms with E-state index in [4.69, 9.17) is 0 Å². The highest BCUT2D eigenvalue weighted by molar-refractivity contribution is 5.86. The number of rotatable bonds is 3. The number of benzene rings is 2. The van der Waals surface area contributed by atoms with Crippen molar-refractivity contribution in [3.63, 3.8) is 0 Å². The first kappa shape index (κ1) is 22.2. The molecule has 2 heterocycles. The molecule has 0 radical (unpaired) electrons. The third-order valence-electron chi connectivity index (χ3n) is 5.74. The zero-order chi connectivity index (χ0) is 23.3. The fourth-order valence-corrected chi connectivity index (χ4v) is 4.38. The summed E-state index contributed by atoms with van der Waals surface area (Å²) < 4.78 is 80.8. The Labute approximate surface area is 178 Å². The van der Waals surface area contributed by atoms with E-state index in [2.05, 4.69) is 4.98 Å². The van der Waals surface area contributed by atoms with Gasteiger partial charge in [0.2, 0.25) is 5.56 Å². The summed E-state index contributed by atoms with van der Waals surface area (Å²) in [5.41, 5.74) is -1.43. The molecule has 3 atom stereocenters. The van der Waals surface area contributed by atoms with Gasteiger partial charge in [-0.3, -0.25) is 4.79 Å². The van der Waals surface area contributed by atoms with Crippen molar-refractivity contribution in [1.29, 1.82) is 0 Å². The standard InChI is InChI=1S/C22H18F6N2O2/c23-21(24,25)15-11-19(31)29-16-7-6-13(10-14(15)16)30-17(12-4-2-1-3-5-12)8-9-18(30)20(32)22(26,27)28/h1-7,10-11,17-18,20,32H,8-9H2,(H,29,31)/t17-,18+,20?/m0/s1. The fourth-order valence-electron chi connectivity index (χ4n) is 4.38. The molecular formula is C22H18F6N2O2. The number of aromatic nitrogens is 1. The maximum absolute atomic E-state index is 13.6. The van der Waals surface area contributed by atoms with Gasteiger partial charge >= 0.3 is 12.4 Å². The molecule has 10 heteroatoms. The largest absolute Gasteiger partial charge is 0.417 e. The maximum Gasteiger partial charge on any atom is 0.417 e. The average Bonchev–Trinajstić information content (AvgIpc) is 3.16. The van der Waals surface area contributed by atoms with Crippen LogP contribution in [-0.4, -0.2) is 28.4 Å². The summed E-state index contributed by atoms with van der Waals surface area (Å²) >= 11 is 0. The number of fused-ring (bicyclic) bond motifs is 1. The van der Waals surface area contributed by atoms with Gasteiger partial charge in [-0.1, -0.05) is 30.3 Å². The SMILES string of the molecule is O=c1cc(C(F)(F)F)c2cc(N3[C@@H](C(O)C(F)(F)F)CC[C@H]3c3ccccc3)ccc2[nH]1. The first-order valence-electron chi connectivity index (χ1n) is 9.79. The number of halogens is 6. The van der Waals surface area contributed by atoms with Gasteiger partial charge in [-0.05, 0) is 36.6 Å². The van der Waals surface area contributed by atoms with Crippen LogP contribution in [0.4, 0.5) is 32.0 Å². The molecule has 1 aliphatic rings.